The predicted molar refractivity (Wildman–Crippen MR) is 82.2 cm³/mol. The van der Waals surface area contributed by atoms with Gasteiger partial charge in [0.1, 0.15) is 5.82 Å². The van der Waals surface area contributed by atoms with Gasteiger partial charge in [0.05, 0.1) is 0 Å². The maximum absolute atomic E-state index is 14.2. The number of rotatable bonds is 7. The molecule has 2 rings (SSSR count). The summed E-state index contributed by atoms with van der Waals surface area (Å²) in [6.45, 7) is 6.66. The topological polar surface area (TPSA) is 15.3 Å². The third-order valence-corrected chi connectivity index (χ3v) is 4.14. The lowest BCUT2D eigenvalue weighted by Gasteiger charge is -2.35. The molecule has 122 valence electrons. The number of nitrogens with zero attached hydrogens (tertiary/aromatic N) is 1. The first-order valence-electron chi connectivity index (χ1n) is 7.84. The Hall–Kier alpha value is -1.33. The Morgan fingerprint density at radius 2 is 1.82 bits per heavy atom. The van der Waals surface area contributed by atoms with Crippen molar-refractivity contribution in [3.05, 3.63) is 47.8 Å². The van der Waals surface area contributed by atoms with E-state index in [0.717, 1.165) is 44.5 Å². The van der Waals surface area contributed by atoms with Gasteiger partial charge in [0.2, 0.25) is 0 Å². The molecule has 1 saturated heterocycles. The molecule has 0 aliphatic carbocycles. The van der Waals surface area contributed by atoms with Crippen LogP contribution in [0.25, 0.3) is 0 Å². The lowest BCUT2D eigenvalue weighted by molar-refractivity contribution is 0.155. The van der Waals surface area contributed by atoms with Crippen LogP contribution in [0.2, 0.25) is 0 Å². The minimum atomic E-state index is -1.05. The van der Waals surface area contributed by atoms with Gasteiger partial charge in [0, 0.05) is 37.8 Å². The fourth-order valence-corrected chi connectivity index (χ4v) is 2.98. The molecule has 1 aliphatic heterocycles. The van der Waals surface area contributed by atoms with Crippen molar-refractivity contribution in [1.82, 2.24) is 10.2 Å². The molecule has 1 fully saturated rings. The van der Waals surface area contributed by atoms with E-state index in [9.17, 15) is 13.2 Å². The van der Waals surface area contributed by atoms with Gasteiger partial charge in [-0.05, 0) is 31.4 Å². The van der Waals surface area contributed by atoms with Crippen molar-refractivity contribution in [3.8, 4) is 0 Å². The first-order chi connectivity index (χ1) is 10.6. The van der Waals surface area contributed by atoms with Crippen molar-refractivity contribution < 1.29 is 13.2 Å². The number of hydrogen-bond donors (Lipinski definition) is 1. The van der Waals surface area contributed by atoms with Crippen molar-refractivity contribution >= 4 is 0 Å². The third-order valence-electron chi connectivity index (χ3n) is 4.14. The Kier molecular flexibility index (Phi) is 6.46. The van der Waals surface area contributed by atoms with E-state index >= 15 is 0 Å². The zero-order valence-corrected chi connectivity index (χ0v) is 12.8. The quantitative estimate of drug-likeness (QED) is 0.468. The first kappa shape index (κ1) is 17.0. The largest absolute Gasteiger partial charge is 0.314 e. The predicted octanol–water partition coefficient (Wildman–Crippen LogP) is 3.80. The highest BCUT2D eigenvalue weighted by Gasteiger charge is 2.28. The average molecular weight is 312 g/mol. The van der Waals surface area contributed by atoms with Crippen LogP contribution >= 0.6 is 0 Å². The minimum absolute atomic E-state index is 0.125. The van der Waals surface area contributed by atoms with E-state index < -0.39 is 23.5 Å². The van der Waals surface area contributed by atoms with Crippen molar-refractivity contribution in [2.45, 2.75) is 31.7 Å². The molecule has 0 aromatic heterocycles. The summed E-state index contributed by atoms with van der Waals surface area (Å²) in [6, 6.07) is 1.45. The van der Waals surface area contributed by atoms with Gasteiger partial charge < -0.3 is 5.32 Å². The molecule has 0 unspecified atom stereocenters. The smallest absolute Gasteiger partial charge is 0.166 e. The molecule has 22 heavy (non-hydrogen) atoms. The van der Waals surface area contributed by atoms with Crippen LogP contribution in [0, 0.1) is 17.5 Å². The molecule has 1 aromatic carbocycles. The molecule has 0 radical (unpaired) electrons. The van der Waals surface area contributed by atoms with E-state index in [1.807, 2.05) is 11.0 Å². The van der Waals surface area contributed by atoms with E-state index in [2.05, 4.69) is 11.9 Å². The van der Waals surface area contributed by atoms with Crippen molar-refractivity contribution in [2.75, 3.05) is 26.2 Å². The van der Waals surface area contributed by atoms with E-state index in [1.165, 1.54) is 0 Å². The summed E-state index contributed by atoms with van der Waals surface area (Å²) < 4.78 is 41.9. The molecule has 0 bridgehead atoms. The van der Waals surface area contributed by atoms with Gasteiger partial charge in [-0.1, -0.05) is 12.5 Å². The molecule has 1 heterocycles. The van der Waals surface area contributed by atoms with Gasteiger partial charge in [0.15, 0.2) is 11.6 Å². The van der Waals surface area contributed by atoms with E-state index in [1.54, 1.807) is 0 Å². The van der Waals surface area contributed by atoms with Gasteiger partial charge in [-0.15, -0.1) is 6.58 Å². The van der Waals surface area contributed by atoms with Crippen LogP contribution < -0.4 is 5.32 Å². The van der Waals surface area contributed by atoms with Crippen LogP contribution in [0.3, 0.4) is 0 Å². The van der Waals surface area contributed by atoms with E-state index in [4.69, 9.17) is 0 Å². The number of hydrogen-bond acceptors (Lipinski definition) is 2. The zero-order valence-electron chi connectivity index (χ0n) is 12.8. The average Bonchev–Trinajstić information content (AvgIpc) is 2.54. The summed E-state index contributed by atoms with van der Waals surface area (Å²) in [5.41, 5.74) is -0.125. The SMILES string of the molecule is C=CCCCC[C@H](c1c(F)ccc(F)c1F)N1CCNCC1. The summed E-state index contributed by atoms with van der Waals surface area (Å²) in [5.74, 6) is -2.69. The van der Waals surface area contributed by atoms with Crippen LogP contribution in [0.5, 0.6) is 0 Å². The Morgan fingerprint density at radius 3 is 2.50 bits per heavy atom. The second-order valence-corrected chi connectivity index (χ2v) is 5.63. The van der Waals surface area contributed by atoms with Crippen LogP contribution in [-0.4, -0.2) is 31.1 Å². The number of piperazine rings is 1. The Morgan fingerprint density at radius 1 is 1.14 bits per heavy atom. The maximum atomic E-state index is 14.2. The molecule has 0 spiro atoms. The van der Waals surface area contributed by atoms with E-state index in [0.29, 0.717) is 19.5 Å². The molecule has 1 aromatic rings. The lowest BCUT2D eigenvalue weighted by atomic mass is 9.96. The van der Waals surface area contributed by atoms with Crippen molar-refractivity contribution in [3.63, 3.8) is 0 Å². The van der Waals surface area contributed by atoms with Gasteiger partial charge in [-0.2, -0.15) is 0 Å². The first-order valence-corrected chi connectivity index (χ1v) is 7.84. The minimum Gasteiger partial charge on any atom is -0.314 e. The highest BCUT2D eigenvalue weighted by molar-refractivity contribution is 5.25. The summed E-state index contributed by atoms with van der Waals surface area (Å²) in [5, 5.41) is 3.22. The normalized spacial score (nSPS) is 17.4. The second kappa shape index (κ2) is 8.34. The highest BCUT2D eigenvalue weighted by atomic mass is 19.2. The molecule has 5 heteroatoms. The molecule has 2 nitrogen and oxygen atoms in total. The van der Waals surface area contributed by atoms with Gasteiger partial charge in [-0.3, -0.25) is 4.90 Å². The fourth-order valence-electron chi connectivity index (χ4n) is 2.98. The van der Waals surface area contributed by atoms with Gasteiger partial charge in [-0.25, -0.2) is 13.2 Å². The highest BCUT2D eigenvalue weighted by Crippen LogP contribution is 2.32. The number of benzene rings is 1. The number of unbranched alkanes of at least 4 members (excludes halogenated alkanes) is 2. The molecule has 0 saturated carbocycles. The lowest BCUT2D eigenvalue weighted by Crippen LogP contribution is -2.45. The van der Waals surface area contributed by atoms with Crippen molar-refractivity contribution in [2.24, 2.45) is 0 Å². The standard InChI is InChI=1S/C17H23F3N2/c1-2-3-4-5-6-15(22-11-9-21-10-12-22)16-13(18)7-8-14(19)17(16)20/h2,7-8,15,21H,1,3-6,9-12H2/t15-/m1/s1. The van der Waals surface area contributed by atoms with Crippen LogP contribution in [-0.2, 0) is 0 Å². The summed E-state index contributed by atoms with van der Waals surface area (Å²) in [7, 11) is 0. The fraction of sp³-hybridized carbons (Fsp3) is 0.529. The molecular formula is C17H23F3N2. The Balaban J connectivity index is 2.22. The van der Waals surface area contributed by atoms with E-state index in [-0.39, 0.29) is 5.56 Å². The summed E-state index contributed by atoms with van der Waals surface area (Å²) >= 11 is 0. The van der Waals surface area contributed by atoms with Crippen molar-refractivity contribution in [1.29, 1.82) is 0 Å². The van der Waals surface area contributed by atoms with Crippen LogP contribution in [0.15, 0.2) is 24.8 Å². The van der Waals surface area contributed by atoms with Gasteiger partial charge >= 0.3 is 0 Å². The Labute approximate surface area is 130 Å². The van der Waals surface area contributed by atoms with Crippen LogP contribution in [0.1, 0.15) is 37.3 Å². The van der Waals surface area contributed by atoms with Gasteiger partial charge in [0.25, 0.3) is 0 Å². The monoisotopic (exact) mass is 312 g/mol. The zero-order chi connectivity index (χ0) is 15.9. The molecule has 1 N–H and O–H groups in total. The number of allylic oxidation sites excluding steroid dienone is 1. The second-order valence-electron chi connectivity index (χ2n) is 5.63. The summed E-state index contributed by atoms with van der Waals surface area (Å²) in [6.07, 6.45) is 5.08. The maximum Gasteiger partial charge on any atom is 0.166 e. The number of nitrogens with one attached hydrogen (secondary N) is 1. The molecule has 1 aliphatic rings. The van der Waals surface area contributed by atoms with Crippen LogP contribution in [0.4, 0.5) is 13.2 Å². The third kappa shape index (κ3) is 4.11. The Bertz CT molecular complexity index is 499. The molecular weight excluding hydrogens is 289 g/mol. The summed E-state index contributed by atoms with van der Waals surface area (Å²) in [4.78, 5) is 2.05. The number of halogens is 3. The molecule has 1 atom stereocenters. The molecule has 0 amide bonds.